The van der Waals surface area contributed by atoms with Gasteiger partial charge in [0.25, 0.3) is 0 Å². The molecule has 100 valence electrons. The molecule has 0 spiro atoms. The number of nitrogens with zero attached hydrogens (tertiary/aromatic N) is 1. The number of carbonyl (C=O) groups is 2. The summed E-state index contributed by atoms with van der Waals surface area (Å²) in [5.41, 5.74) is 0.785. The van der Waals surface area contributed by atoms with Crippen LogP contribution in [0.15, 0.2) is 24.3 Å². The number of carbonyl (C=O) groups excluding carboxylic acids is 2. The zero-order valence-electron chi connectivity index (χ0n) is 10.8. The van der Waals surface area contributed by atoms with Gasteiger partial charge in [-0.25, -0.2) is 0 Å². The number of benzene rings is 1. The lowest BCUT2D eigenvalue weighted by Crippen LogP contribution is -2.51. The molecule has 2 amide bonds. The maximum atomic E-state index is 12.6. The number of amides is 2. The number of ether oxygens (including phenoxy) is 1. The lowest BCUT2D eigenvalue weighted by Gasteiger charge is -2.36. The summed E-state index contributed by atoms with van der Waals surface area (Å²) >= 11 is 0. The van der Waals surface area contributed by atoms with Gasteiger partial charge in [-0.05, 0) is 25.5 Å². The molecule has 2 aliphatic heterocycles. The summed E-state index contributed by atoms with van der Waals surface area (Å²) in [6, 6.07) is 7.07. The zero-order chi connectivity index (χ0) is 13.4. The molecule has 2 heterocycles. The van der Waals surface area contributed by atoms with E-state index in [0.29, 0.717) is 19.4 Å². The van der Waals surface area contributed by atoms with Crippen molar-refractivity contribution in [2.24, 2.45) is 0 Å². The first kappa shape index (κ1) is 12.0. The van der Waals surface area contributed by atoms with Gasteiger partial charge < -0.3 is 15.0 Å². The Morgan fingerprint density at radius 1 is 1.42 bits per heavy atom. The predicted molar refractivity (Wildman–Crippen MR) is 70.0 cm³/mol. The van der Waals surface area contributed by atoms with Crippen molar-refractivity contribution in [3.05, 3.63) is 24.3 Å². The molecule has 1 saturated heterocycles. The Kier molecular flexibility index (Phi) is 2.89. The Morgan fingerprint density at radius 3 is 2.95 bits per heavy atom. The molecule has 5 nitrogen and oxygen atoms in total. The monoisotopic (exact) mass is 260 g/mol. The lowest BCUT2D eigenvalue weighted by atomic mass is 10.1. The van der Waals surface area contributed by atoms with Gasteiger partial charge in [0.05, 0.1) is 11.7 Å². The molecule has 3 rings (SSSR count). The van der Waals surface area contributed by atoms with E-state index >= 15 is 0 Å². The van der Waals surface area contributed by atoms with Gasteiger partial charge in [-0.15, -0.1) is 0 Å². The summed E-state index contributed by atoms with van der Waals surface area (Å²) in [5.74, 6) is 0.625. The molecule has 0 aliphatic carbocycles. The van der Waals surface area contributed by atoms with E-state index in [1.807, 2.05) is 31.2 Å². The molecule has 0 aromatic heterocycles. The second kappa shape index (κ2) is 4.57. The SMILES string of the molecule is CC1COc2ccccc2N1C(=O)C1CCC(=O)N1. The first-order chi connectivity index (χ1) is 9.16. The minimum Gasteiger partial charge on any atom is -0.489 e. The number of anilines is 1. The maximum absolute atomic E-state index is 12.6. The Labute approximate surface area is 111 Å². The van der Waals surface area contributed by atoms with Crippen LogP contribution in [0.5, 0.6) is 5.75 Å². The summed E-state index contributed by atoms with van der Waals surface area (Å²) in [6.45, 7) is 2.42. The topological polar surface area (TPSA) is 58.6 Å². The van der Waals surface area contributed by atoms with Crippen molar-refractivity contribution in [2.75, 3.05) is 11.5 Å². The minimum atomic E-state index is -0.402. The normalized spacial score (nSPS) is 25.5. The molecule has 19 heavy (non-hydrogen) atoms. The molecule has 1 aromatic carbocycles. The van der Waals surface area contributed by atoms with Crippen molar-refractivity contribution in [3.8, 4) is 5.75 Å². The van der Waals surface area contributed by atoms with E-state index in [2.05, 4.69) is 5.32 Å². The highest BCUT2D eigenvalue weighted by molar-refractivity contribution is 6.02. The third-order valence-electron chi connectivity index (χ3n) is 3.58. The number of nitrogens with one attached hydrogen (secondary N) is 1. The average molecular weight is 260 g/mol. The van der Waals surface area contributed by atoms with Crippen LogP contribution >= 0.6 is 0 Å². The van der Waals surface area contributed by atoms with Gasteiger partial charge in [-0.3, -0.25) is 9.59 Å². The molecule has 2 unspecified atom stereocenters. The van der Waals surface area contributed by atoms with Crippen LogP contribution in [0.25, 0.3) is 0 Å². The number of hydrogen-bond donors (Lipinski definition) is 1. The third-order valence-corrected chi connectivity index (χ3v) is 3.58. The molecule has 0 saturated carbocycles. The Morgan fingerprint density at radius 2 is 2.21 bits per heavy atom. The molecule has 5 heteroatoms. The van der Waals surface area contributed by atoms with Crippen LogP contribution < -0.4 is 15.0 Å². The van der Waals surface area contributed by atoms with Gasteiger partial charge >= 0.3 is 0 Å². The van der Waals surface area contributed by atoms with Crippen LogP contribution in [-0.2, 0) is 9.59 Å². The molecule has 1 N–H and O–H groups in total. The molecule has 2 aliphatic rings. The van der Waals surface area contributed by atoms with Gasteiger partial charge in [-0.2, -0.15) is 0 Å². The average Bonchev–Trinajstić information content (AvgIpc) is 2.85. The van der Waals surface area contributed by atoms with Gasteiger partial charge in [0.2, 0.25) is 11.8 Å². The van der Waals surface area contributed by atoms with Crippen LogP contribution in [0.2, 0.25) is 0 Å². The lowest BCUT2D eigenvalue weighted by molar-refractivity contribution is -0.124. The van der Waals surface area contributed by atoms with Crippen LogP contribution in [0.1, 0.15) is 19.8 Å². The smallest absolute Gasteiger partial charge is 0.250 e. The van der Waals surface area contributed by atoms with E-state index in [1.165, 1.54) is 0 Å². The zero-order valence-corrected chi connectivity index (χ0v) is 10.8. The summed E-state index contributed by atoms with van der Waals surface area (Å²) in [6.07, 6.45) is 1.00. The third kappa shape index (κ3) is 2.05. The van der Waals surface area contributed by atoms with E-state index < -0.39 is 6.04 Å². The first-order valence-electron chi connectivity index (χ1n) is 6.51. The number of hydrogen-bond acceptors (Lipinski definition) is 3. The van der Waals surface area contributed by atoms with Gasteiger partial charge in [0, 0.05) is 6.42 Å². The van der Waals surface area contributed by atoms with E-state index in [4.69, 9.17) is 4.74 Å². The van der Waals surface area contributed by atoms with Gasteiger partial charge in [0.15, 0.2) is 0 Å². The van der Waals surface area contributed by atoms with Crippen molar-refractivity contribution in [1.29, 1.82) is 0 Å². The second-order valence-electron chi connectivity index (χ2n) is 4.99. The summed E-state index contributed by atoms with van der Waals surface area (Å²) < 4.78 is 5.62. The van der Waals surface area contributed by atoms with Crippen LogP contribution in [0.4, 0.5) is 5.69 Å². The highest BCUT2D eigenvalue weighted by atomic mass is 16.5. The largest absolute Gasteiger partial charge is 0.489 e. The van der Waals surface area contributed by atoms with Crippen molar-refractivity contribution in [2.45, 2.75) is 31.8 Å². The molecular formula is C14H16N2O3. The van der Waals surface area contributed by atoms with Crippen molar-refractivity contribution >= 4 is 17.5 Å². The molecule has 0 radical (unpaired) electrons. The highest BCUT2D eigenvalue weighted by Crippen LogP contribution is 2.34. The van der Waals surface area contributed by atoms with E-state index in [-0.39, 0.29) is 17.9 Å². The highest BCUT2D eigenvalue weighted by Gasteiger charge is 2.36. The quantitative estimate of drug-likeness (QED) is 0.822. The number of fused-ring (bicyclic) bond motifs is 1. The Balaban J connectivity index is 1.91. The molecule has 1 aromatic rings. The van der Waals surface area contributed by atoms with Gasteiger partial charge in [-0.1, -0.05) is 12.1 Å². The number of para-hydroxylation sites is 2. The Hall–Kier alpha value is -2.04. The van der Waals surface area contributed by atoms with E-state index in [0.717, 1.165) is 11.4 Å². The summed E-state index contributed by atoms with van der Waals surface area (Å²) in [5, 5.41) is 2.73. The predicted octanol–water partition coefficient (Wildman–Crippen LogP) is 1.08. The Bertz CT molecular complexity index is 529. The minimum absolute atomic E-state index is 0.0279. The van der Waals surface area contributed by atoms with Crippen molar-refractivity contribution in [3.63, 3.8) is 0 Å². The summed E-state index contributed by atoms with van der Waals surface area (Å²) in [4.78, 5) is 25.6. The first-order valence-corrected chi connectivity index (χ1v) is 6.51. The molecule has 0 bridgehead atoms. The van der Waals surface area contributed by atoms with Crippen LogP contribution in [0.3, 0.4) is 0 Å². The second-order valence-corrected chi connectivity index (χ2v) is 4.99. The fraction of sp³-hybridized carbons (Fsp3) is 0.429. The fourth-order valence-corrected chi connectivity index (χ4v) is 2.60. The van der Waals surface area contributed by atoms with E-state index in [1.54, 1.807) is 4.90 Å². The standard InChI is InChI=1S/C14H16N2O3/c1-9-8-19-12-5-3-2-4-11(12)16(9)14(18)10-6-7-13(17)15-10/h2-5,9-10H,6-8H2,1H3,(H,15,17). The van der Waals surface area contributed by atoms with Crippen molar-refractivity contribution < 1.29 is 14.3 Å². The molecule has 1 fully saturated rings. The van der Waals surface area contributed by atoms with E-state index in [9.17, 15) is 9.59 Å². The van der Waals surface area contributed by atoms with Crippen molar-refractivity contribution in [1.82, 2.24) is 5.32 Å². The van der Waals surface area contributed by atoms with Crippen LogP contribution in [-0.4, -0.2) is 30.5 Å². The maximum Gasteiger partial charge on any atom is 0.250 e. The molecular weight excluding hydrogens is 244 g/mol. The number of rotatable bonds is 1. The van der Waals surface area contributed by atoms with Crippen LogP contribution in [0, 0.1) is 0 Å². The molecule has 2 atom stereocenters. The fourth-order valence-electron chi connectivity index (χ4n) is 2.60. The summed E-state index contributed by atoms with van der Waals surface area (Å²) in [7, 11) is 0. The van der Waals surface area contributed by atoms with Gasteiger partial charge in [0.1, 0.15) is 18.4 Å².